The van der Waals surface area contributed by atoms with Crippen molar-refractivity contribution in [1.82, 2.24) is 0 Å². The summed E-state index contributed by atoms with van der Waals surface area (Å²) in [5.74, 6) is 1.36. The van der Waals surface area contributed by atoms with Gasteiger partial charge in [-0.2, -0.15) is 5.10 Å². The monoisotopic (exact) mass is 425 g/mol. The van der Waals surface area contributed by atoms with Crippen molar-refractivity contribution < 1.29 is 14.4 Å². The highest BCUT2D eigenvalue weighted by molar-refractivity contribution is 6.32. The second-order valence-electron chi connectivity index (χ2n) is 6.19. The van der Waals surface area contributed by atoms with Crippen LogP contribution in [-0.4, -0.2) is 24.4 Å². The number of rotatable bonds is 10. The van der Waals surface area contributed by atoms with Crippen molar-refractivity contribution in [2.75, 3.05) is 18.6 Å². The van der Waals surface area contributed by atoms with E-state index in [9.17, 15) is 10.1 Å². The van der Waals surface area contributed by atoms with Gasteiger partial charge in [-0.25, -0.2) is 0 Å². The van der Waals surface area contributed by atoms with Crippen LogP contribution >= 0.6 is 11.6 Å². The van der Waals surface area contributed by atoms with Gasteiger partial charge in [0, 0.05) is 24.1 Å². The zero-order valence-electron chi connectivity index (χ0n) is 16.0. The number of hydrazone groups is 1. The average molecular weight is 426 g/mol. The van der Waals surface area contributed by atoms with Gasteiger partial charge in [0.1, 0.15) is 11.5 Å². The van der Waals surface area contributed by atoms with Gasteiger partial charge in [-0.15, -0.1) is 0 Å². The Bertz CT molecular complexity index is 1010. The smallest absolute Gasteiger partial charge is 0.269 e. The number of anilines is 1. The number of benzene rings is 3. The molecule has 0 radical (unpaired) electrons. The first kappa shape index (κ1) is 21.1. The summed E-state index contributed by atoms with van der Waals surface area (Å²) in [6, 6.07) is 20.9. The Morgan fingerprint density at radius 2 is 1.57 bits per heavy atom. The van der Waals surface area contributed by atoms with E-state index in [0.29, 0.717) is 41.8 Å². The number of nitrogens with zero attached hydrogens (tertiary/aromatic N) is 2. The average Bonchev–Trinajstić information content (AvgIpc) is 2.76. The minimum atomic E-state index is -0.444. The molecule has 154 valence electrons. The number of nitro benzene ring substituents is 1. The van der Waals surface area contributed by atoms with Gasteiger partial charge in [0.15, 0.2) is 0 Å². The highest BCUT2D eigenvalue weighted by atomic mass is 35.5. The summed E-state index contributed by atoms with van der Waals surface area (Å²) in [4.78, 5) is 10.2. The third-order valence-corrected chi connectivity index (χ3v) is 4.35. The fourth-order valence-corrected chi connectivity index (χ4v) is 2.73. The predicted octanol–water partition coefficient (Wildman–Crippen LogP) is 5.54. The Morgan fingerprint density at radius 1 is 0.933 bits per heavy atom. The first-order chi connectivity index (χ1) is 14.6. The van der Waals surface area contributed by atoms with Gasteiger partial charge in [-0.3, -0.25) is 15.5 Å². The normalized spacial score (nSPS) is 10.7. The van der Waals surface area contributed by atoms with Gasteiger partial charge < -0.3 is 9.47 Å². The number of hydrogen-bond acceptors (Lipinski definition) is 6. The molecule has 7 nitrogen and oxygen atoms in total. The molecule has 3 aromatic carbocycles. The largest absolute Gasteiger partial charge is 0.493 e. The second kappa shape index (κ2) is 10.8. The van der Waals surface area contributed by atoms with Gasteiger partial charge in [0.05, 0.1) is 35.1 Å². The molecule has 0 saturated heterocycles. The van der Waals surface area contributed by atoms with Gasteiger partial charge in [-0.1, -0.05) is 35.9 Å². The van der Waals surface area contributed by atoms with Crippen LogP contribution in [0.15, 0.2) is 77.9 Å². The Kier molecular flexibility index (Phi) is 7.63. The number of nitrogens with one attached hydrogen (secondary N) is 1. The molecule has 8 heteroatoms. The van der Waals surface area contributed by atoms with E-state index in [4.69, 9.17) is 21.1 Å². The van der Waals surface area contributed by atoms with Crippen LogP contribution in [0.5, 0.6) is 11.5 Å². The maximum atomic E-state index is 10.7. The molecule has 0 spiro atoms. The van der Waals surface area contributed by atoms with E-state index in [0.717, 1.165) is 5.56 Å². The lowest BCUT2D eigenvalue weighted by molar-refractivity contribution is -0.384. The summed E-state index contributed by atoms with van der Waals surface area (Å²) >= 11 is 6.06. The van der Waals surface area contributed by atoms with E-state index < -0.39 is 4.92 Å². The number of halogens is 1. The third kappa shape index (κ3) is 6.22. The van der Waals surface area contributed by atoms with E-state index in [-0.39, 0.29) is 5.69 Å². The van der Waals surface area contributed by atoms with Crippen LogP contribution in [-0.2, 0) is 0 Å². The Hall–Kier alpha value is -3.58. The lowest BCUT2D eigenvalue weighted by Crippen LogP contribution is -2.06. The van der Waals surface area contributed by atoms with Crippen molar-refractivity contribution in [3.05, 3.63) is 93.5 Å². The molecular formula is C22H20ClN3O4. The highest BCUT2D eigenvalue weighted by Crippen LogP contribution is 2.23. The molecule has 0 atom stereocenters. The first-order valence-electron chi connectivity index (χ1n) is 9.26. The topological polar surface area (TPSA) is 86.0 Å². The molecule has 0 aliphatic carbocycles. The number of nitro groups is 1. The molecule has 0 fully saturated rings. The molecule has 3 aromatic rings. The SMILES string of the molecule is O=[N+]([O-])c1ccc(N/N=C/c2ccccc2OCCCOc2ccccc2Cl)cc1. The zero-order valence-corrected chi connectivity index (χ0v) is 16.8. The first-order valence-corrected chi connectivity index (χ1v) is 9.64. The molecule has 0 bridgehead atoms. The van der Waals surface area contributed by atoms with Crippen molar-refractivity contribution in [1.29, 1.82) is 0 Å². The lowest BCUT2D eigenvalue weighted by Gasteiger charge is -2.10. The molecule has 0 aliphatic rings. The molecule has 0 unspecified atom stereocenters. The summed E-state index contributed by atoms with van der Waals surface area (Å²) in [5.41, 5.74) is 4.32. The quantitative estimate of drug-likeness (QED) is 0.199. The van der Waals surface area contributed by atoms with Crippen LogP contribution in [0.25, 0.3) is 0 Å². The van der Waals surface area contributed by atoms with Crippen molar-refractivity contribution in [3.63, 3.8) is 0 Å². The lowest BCUT2D eigenvalue weighted by atomic mass is 10.2. The molecular weight excluding hydrogens is 406 g/mol. The van der Waals surface area contributed by atoms with Gasteiger partial charge in [0.2, 0.25) is 0 Å². The molecule has 0 amide bonds. The van der Waals surface area contributed by atoms with Crippen molar-refractivity contribution in [3.8, 4) is 11.5 Å². The van der Waals surface area contributed by atoms with Crippen LogP contribution in [0.2, 0.25) is 5.02 Å². The fraction of sp³-hybridized carbons (Fsp3) is 0.136. The minimum absolute atomic E-state index is 0.0294. The van der Waals surface area contributed by atoms with Gasteiger partial charge >= 0.3 is 0 Å². The molecule has 30 heavy (non-hydrogen) atoms. The number of hydrogen-bond donors (Lipinski definition) is 1. The van der Waals surface area contributed by atoms with Gasteiger partial charge in [0.25, 0.3) is 5.69 Å². The maximum Gasteiger partial charge on any atom is 0.269 e. The standard InChI is InChI=1S/C22H20ClN3O4/c23-20-7-2-4-9-22(20)30-15-5-14-29-21-8-3-1-6-17(21)16-24-25-18-10-12-19(13-11-18)26(27)28/h1-4,6-13,16,25H,5,14-15H2/b24-16+. The van der Waals surface area contributed by atoms with Crippen molar-refractivity contribution >= 4 is 29.2 Å². The van der Waals surface area contributed by atoms with Crippen molar-refractivity contribution in [2.45, 2.75) is 6.42 Å². The van der Waals surface area contributed by atoms with Crippen LogP contribution in [0, 0.1) is 10.1 Å². The second-order valence-corrected chi connectivity index (χ2v) is 6.60. The number of ether oxygens (including phenoxy) is 2. The summed E-state index contributed by atoms with van der Waals surface area (Å²) in [5, 5.41) is 15.5. The zero-order chi connectivity index (χ0) is 21.2. The van der Waals surface area contributed by atoms with E-state index in [1.165, 1.54) is 12.1 Å². The highest BCUT2D eigenvalue weighted by Gasteiger charge is 2.04. The predicted molar refractivity (Wildman–Crippen MR) is 118 cm³/mol. The molecule has 0 heterocycles. The van der Waals surface area contributed by atoms with Crippen LogP contribution in [0.1, 0.15) is 12.0 Å². The van der Waals surface area contributed by atoms with Crippen LogP contribution in [0.4, 0.5) is 11.4 Å². The molecule has 0 aromatic heterocycles. The number of non-ortho nitro benzene ring substituents is 1. The summed E-state index contributed by atoms with van der Waals surface area (Å²) in [6.45, 7) is 0.965. The Balaban J connectivity index is 1.48. The summed E-state index contributed by atoms with van der Waals surface area (Å²) < 4.78 is 11.5. The molecule has 3 rings (SSSR count). The third-order valence-electron chi connectivity index (χ3n) is 4.03. The van der Waals surface area contributed by atoms with E-state index in [2.05, 4.69) is 10.5 Å². The van der Waals surface area contributed by atoms with Gasteiger partial charge in [-0.05, 0) is 36.4 Å². The van der Waals surface area contributed by atoms with Crippen LogP contribution < -0.4 is 14.9 Å². The van der Waals surface area contributed by atoms with Crippen LogP contribution in [0.3, 0.4) is 0 Å². The van der Waals surface area contributed by atoms with E-state index in [1.807, 2.05) is 42.5 Å². The van der Waals surface area contributed by atoms with E-state index >= 15 is 0 Å². The minimum Gasteiger partial charge on any atom is -0.493 e. The fourth-order valence-electron chi connectivity index (χ4n) is 2.54. The molecule has 0 aliphatic heterocycles. The van der Waals surface area contributed by atoms with E-state index in [1.54, 1.807) is 24.4 Å². The molecule has 0 saturated carbocycles. The summed E-state index contributed by atoms with van der Waals surface area (Å²) in [7, 11) is 0. The molecule has 1 N–H and O–H groups in total. The Labute approximate surface area is 179 Å². The Morgan fingerprint density at radius 3 is 2.27 bits per heavy atom. The maximum absolute atomic E-state index is 10.7. The van der Waals surface area contributed by atoms with Crippen molar-refractivity contribution in [2.24, 2.45) is 5.10 Å². The number of para-hydroxylation sites is 2. The summed E-state index contributed by atoms with van der Waals surface area (Å²) in [6.07, 6.45) is 2.33.